The third-order valence-corrected chi connectivity index (χ3v) is 5.69. The van der Waals surface area contributed by atoms with E-state index < -0.39 is 17.5 Å². The number of aromatic nitrogens is 4. The third kappa shape index (κ3) is 5.50. The SMILES string of the molecule is C1CCCNCC1.Cn1c(=O)[nH]c(=O)c2c1nc(N1CCCCC1)n2CCC(O)O. The first kappa shape index (κ1) is 22.5. The highest BCUT2D eigenvalue weighted by Gasteiger charge is 2.22. The van der Waals surface area contributed by atoms with Gasteiger partial charge in [-0.1, -0.05) is 12.8 Å². The van der Waals surface area contributed by atoms with Gasteiger partial charge in [0.05, 0.1) is 0 Å². The molecule has 2 saturated heterocycles. The van der Waals surface area contributed by atoms with Crippen LogP contribution in [0.5, 0.6) is 0 Å². The predicted octanol–water partition coefficient (Wildman–Crippen LogP) is 0.264. The fraction of sp³-hybridized carbons (Fsp3) is 0.750. The summed E-state index contributed by atoms with van der Waals surface area (Å²) in [7, 11) is 1.55. The number of piperidine rings is 1. The molecule has 10 heteroatoms. The molecule has 0 spiro atoms. The summed E-state index contributed by atoms with van der Waals surface area (Å²) in [6, 6.07) is 0. The summed E-state index contributed by atoms with van der Waals surface area (Å²) in [5.74, 6) is 0.604. The first-order valence-corrected chi connectivity index (χ1v) is 11.0. The minimum Gasteiger partial charge on any atom is -0.368 e. The fourth-order valence-electron chi connectivity index (χ4n) is 3.99. The normalized spacial score (nSPS) is 17.7. The Bertz CT molecular complexity index is 906. The van der Waals surface area contributed by atoms with Crippen molar-refractivity contribution < 1.29 is 10.2 Å². The van der Waals surface area contributed by atoms with Crippen LogP contribution >= 0.6 is 0 Å². The van der Waals surface area contributed by atoms with Gasteiger partial charge >= 0.3 is 5.69 Å². The van der Waals surface area contributed by atoms with Gasteiger partial charge in [0.15, 0.2) is 17.5 Å². The van der Waals surface area contributed by atoms with E-state index in [0.717, 1.165) is 32.4 Å². The highest BCUT2D eigenvalue weighted by atomic mass is 16.5. The van der Waals surface area contributed by atoms with Crippen molar-refractivity contribution in [3.8, 4) is 0 Å². The van der Waals surface area contributed by atoms with Crippen molar-refractivity contribution in [2.75, 3.05) is 31.1 Å². The zero-order chi connectivity index (χ0) is 21.5. The van der Waals surface area contributed by atoms with Crippen molar-refractivity contribution in [2.45, 2.75) is 64.2 Å². The van der Waals surface area contributed by atoms with Gasteiger partial charge in [-0.2, -0.15) is 4.98 Å². The van der Waals surface area contributed by atoms with Crippen LogP contribution in [0.25, 0.3) is 11.2 Å². The van der Waals surface area contributed by atoms with Gasteiger partial charge in [-0.3, -0.25) is 14.3 Å². The van der Waals surface area contributed by atoms with Crippen LogP contribution in [0.15, 0.2) is 9.59 Å². The van der Waals surface area contributed by atoms with E-state index in [2.05, 4.69) is 20.2 Å². The molecule has 0 radical (unpaired) electrons. The minimum atomic E-state index is -1.46. The summed E-state index contributed by atoms with van der Waals surface area (Å²) in [5, 5.41) is 21.7. The van der Waals surface area contributed by atoms with Crippen LogP contribution in [-0.2, 0) is 13.6 Å². The molecule has 4 rings (SSSR count). The van der Waals surface area contributed by atoms with Gasteiger partial charge in [-0.05, 0) is 45.2 Å². The molecular weight excluding hydrogens is 388 g/mol. The van der Waals surface area contributed by atoms with Gasteiger partial charge in [0.2, 0.25) is 5.95 Å². The Morgan fingerprint density at radius 3 is 2.27 bits per heavy atom. The maximum absolute atomic E-state index is 12.2. The molecule has 0 aromatic carbocycles. The Labute approximate surface area is 175 Å². The van der Waals surface area contributed by atoms with E-state index in [9.17, 15) is 9.59 Å². The second-order valence-electron chi connectivity index (χ2n) is 8.04. The number of nitrogens with one attached hydrogen (secondary N) is 2. The maximum atomic E-state index is 12.2. The van der Waals surface area contributed by atoms with Crippen molar-refractivity contribution in [3.05, 3.63) is 20.8 Å². The first-order chi connectivity index (χ1) is 14.5. The maximum Gasteiger partial charge on any atom is 0.329 e. The van der Waals surface area contributed by atoms with E-state index in [-0.39, 0.29) is 18.5 Å². The number of nitrogens with zero attached hydrogens (tertiary/aromatic N) is 4. The third-order valence-electron chi connectivity index (χ3n) is 5.69. The second-order valence-corrected chi connectivity index (χ2v) is 8.04. The molecule has 168 valence electrons. The number of rotatable bonds is 4. The number of fused-ring (bicyclic) bond motifs is 1. The number of imidazole rings is 1. The molecule has 0 bridgehead atoms. The number of anilines is 1. The van der Waals surface area contributed by atoms with Crippen LogP contribution in [0.2, 0.25) is 0 Å². The topological polar surface area (TPSA) is 128 Å². The molecule has 0 atom stereocenters. The molecule has 0 unspecified atom stereocenters. The Hall–Kier alpha value is -2.17. The van der Waals surface area contributed by atoms with E-state index in [1.807, 2.05) is 0 Å². The Kier molecular flexibility index (Phi) is 8.06. The quantitative estimate of drug-likeness (QED) is 0.521. The van der Waals surface area contributed by atoms with Crippen molar-refractivity contribution in [1.29, 1.82) is 0 Å². The summed E-state index contributed by atoms with van der Waals surface area (Å²) in [6.45, 7) is 4.40. The second kappa shape index (κ2) is 10.7. The van der Waals surface area contributed by atoms with Gasteiger partial charge in [0, 0.05) is 33.1 Å². The summed E-state index contributed by atoms with van der Waals surface area (Å²) in [6.07, 6.45) is 7.51. The lowest BCUT2D eigenvalue weighted by Gasteiger charge is -2.28. The Morgan fingerprint density at radius 1 is 1.00 bits per heavy atom. The predicted molar refractivity (Wildman–Crippen MR) is 116 cm³/mol. The highest BCUT2D eigenvalue weighted by Crippen LogP contribution is 2.23. The molecule has 2 fully saturated rings. The zero-order valence-corrected chi connectivity index (χ0v) is 17.8. The Balaban J connectivity index is 0.000000310. The van der Waals surface area contributed by atoms with Crippen molar-refractivity contribution in [1.82, 2.24) is 24.4 Å². The lowest BCUT2D eigenvalue weighted by Crippen LogP contribution is -2.32. The number of aromatic amines is 1. The van der Waals surface area contributed by atoms with Crippen LogP contribution in [0.1, 0.15) is 51.4 Å². The number of aryl methyl sites for hydroxylation is 2. The molecule has 0 aliphatic carbocycles. The van der Waals surface area contributed by atoms with E-state index in [1.165, 1.54) is 43.3 Å². The van der Waals surface area contributed by atoms with E-state index in [4.69, 9.17) is 10.2 Å². The lowest BCUT2D eigenvalue weighted by atomic mass is 10.1. The molecule has 2 aliphatic heterocycles. The number of hydrogen-bond donors (Lipinski definition) is 4. The van der Waals surface area contributed by atoms with Crippen LogP contribution < -0.4 is 21.5 Å². The number of H-pyrrole nitrogens is 1. The van der Waals surface area contributed by atoms with Gasteiger partial charge in [-0.25, -0.2) is 4.79 Å². The first-order valence-electron chi connectivity index (χ1n) is 11.0. The summed E-state index contributed by atoms with van der Waals surface area (Å²) >= 11 is 0. The molecule has 0 saturated carbocycles. The fourth-order valence-corrected chi connectivity index (χ4v) is 3.99. The van der Waals surface area contributed by atoms with Gasteiger partial charge in [0.25, 0.3) is 5.56 Å². The number of aliphatic hydroxyl groups excluding tert-OH is 1. The van der Waals surface area contributed by atoms with E-state index in [1.54, 1.807) is 11.6 Å². The summed E-state index contributed by atoms with van der Waals surface area (Å²) in [5.41, 5.74) is -0.425. The highest BCUT2D eigenvalue weighted by molar-refractivity contribution is 5.74. The minimum absolute atomic E-state index is 0.0780. The Morgan fingerprint density at radius 2 is 1.63 bits per heavy atom. The molecule has 2 aromatic rings. The van der Waals surface area contributed by atoms with E-state index >= 15 is 0 Å². The average Bonchev–Trinajstić information content (AvgIpc) is 2.89. The van der Waals surface area contributed by atoms with Crippen molar-refractivity contribution in [3.63, 3.8) is 0 Å². The molecule has 4 N–H and O–H groups in total. The lowest BCUT2D eigenvalue weighted by molar-refractivity contribution is -0.0474. The van der Waals surface area contributed by atoms with Crippen LogP contribution in [0, 0.1) is 0 Å². The summed E-state index contributed by atoms with van der Waals surface area (Å²) < 4.78 is 2.98. The smallest absolute Gasteiger partial charge is 0.329 e. The molecule has 0 amide bonds. The molecule has 30 heavy (non-hydrogen) atoms. The van der Waals surface area contributed by atoms with Gasteiger partial charge in [0.1, 0.15) is 0 Å². The number of hydrogen-bond acceptors (Lipinski definition) is 7. The van der Waals surface area contributed by atoms with Crippen LogP contribution in [-0.4, -0.2) is 61.8 Å². The molecule has 10 nitrogen and oxygen atoms in total. The zero-order valence-electron chi connectivity index (χ0n) is 17.8. The van der Waals surface area contributed by atoms with Crippen LogP contribution in [0.4, 0.5) is 5.95 Å². The largest absolute Gasteiger partial charge is 0.368 e. The molecule has 4 heterocycles. The molecule has 2 aromatic heterocycles. The molecular formula is C20H34N6O4. The standard InChI is InChI=1S/C14H21N5O4.C6H13N/c1-17-11-10(12(22)16-14(17)23)19(8-5-9(20)21)13(15-11)18-6-3-2-4-7-18;1-2-4-6-7-5-3-1/h9,20-21H,2-8H2,1H3,(H,16,22,23);7H,1-6H2. The van der Waals surface area contributed by atoms with Gasteiger partial charge < -0.3 is 25.0 Å². The summed E-state index contributed by atoms with van der Waals surface area (Å²) in [4.78, 5) is 32.9. The number of aliphatic hydroxyl groups is 2. The van der Waals surface area contributed by atoms with E-state index in [0.29, 0.717) is 11.6 Å². The van der Waals surface area contributed by atoms with Crippen molar-refractivity contribution in [2.24, 2.45) is 7.05 Å². The van der Waals surface area contributed by atoms with Gasteiger partial charge in [-0.15, -0.1) is 0 Å². The molecule has 2 aliphatic rings. The average molecular weight is 423 g/mol. The van der Waals surface area contributed by atoms with Crippen molar-refractivity contribution >= 4 is 17.1 Å². The monoisotopic (exact) mass is 422 g/mol. The van der Waals surface area contributed by atoms with Crippen LogP contribution in [0.3, 0.4) is 0 Å².